The van der Waals surface area contributed by atoms with Crippen molar-refractivity contribution >= 4 is 28.9 Å². The third-order valence-corrected chi connectivity index (χ3v) is 2.39. The zero-order valence-corrected chi connectivity index (χ0v) is 9.66. The smallest absolute Gasteiger partial charge is 0.150 e. The number of nitrogens with zero attached hydrogens (tertiary/aromatic N) is 1. The maximum atomic E-state index is 5.91. The van der Waals surface area contributed by atoms with E-state index >= 15 is 0 Å². The van der Waals surface area contributed by atoms with Crippen LogP contribution in [0.5, 0.6) is 11.5 Å². The van der Waals surface area contributed by atoms with Crippen LogP contribution < -0.4 is 10.5 Å². The number of hydrogen-bond donors (Lipinski definition) is 1. The van der Waals surface area contributed by atoms with Gasteiger partial charge in [0.15, 0.2) is 5.75 Å². The van der Waals surface area contributed by atoms with Crippen LogP contribution >= 0.6 is 23.2 Å². The summed E-state index contributed by atoms with van der Waals surface area (Å²) in [6.45, 7) is 0. The minimum absolute atomic E-state index is 0.329. The fraction of sp³-hybridized carbons (Fsp3) is 0. The van der Waals surface area contributed by atoms with Gasteiger partial charge < -0.3 is 10.5 Å². The molecule has 5 heteroatoms. The summed E-state index contributed by atoms with van der Waals surface area (Å²) in [6, 6.07) is 8.54. The van der Waals surface area contributed by atoms with Gasteiger partial charge in [0, 0.05) is 11.8 Å². The van der Waals surface area contributed by atoms with Crippen molar-refractivity contribution in [3.8, 4) is 11.5 Å². The van der Waals surface area contributed by atoms with E-state index in [2.05, 4.69) is 4.98 Å². The lowest BCUT2D eigenvalue weighted by Crippen LogP contribution is -1.88. The number of rotatable bonds is 2. The van der Waals surface area contributed by atoms with Crippen LogP contribution in [0.15, 0.2) is 36.5 Å². The van der Waals surface area contributed by atoms with Gasteiger partial charge in [-0.3, -0.25) is 0 Å². The average Bonchev–Trinajstić information content (AvgIpc) is 2.27. The summed E-state index contributed by atoms with van der Waals surface area (Å²) in [7, 11) is 0. The molecular formula is C11H8Cl2N2O. The first-order valence-corrected chi connectivity index (χ1v) is 5.25. The van der Waals surface area contributed by atoms with Gasteiger partial charge in [-0.2, -0.15) is 0 Å². The molecule has 0 unspecified atom stereocenters. The van der Waals surface area contributed by atoms with Gasteiger partial charge in [0.05, 0.1) is 6.20 Å². The van der Waals surface area contributed by atoms with E-state index in [1.165, 1.54) is 6.20 Å². The van der Waals surface area contributed by atoms with Crippen molar-refractivity contribution in [2.75, 3.05) is 5.73 Å². The Bertz CT molecular complexity index is 500. The second kappa shape index (κ2) is 4.60. The highest BCUT2D eigenvalue weighted by Crippen LogP contribution is 2.30. The molecular weight excluding hydrogens is 247 g/mol. The molecule has 0 saturated heterocycles. The monoisotopic (exact) mass is 254 g/mol. The highest BCUT2D eigenvalue weighted by atomic mass is 35.5. The van der Waals surface area contributed by atoms with Gasteiger partial charge >= 0.3 is 0 Å². The quantitative estimate of drug-likeness (QED) is 0.656. The molecule has 16 heavy (non-hydrogen) atoms. The predicted molar refractivity (Wildman–Crippen MR) is 65.2 cm³/mol. The van der Waals surface area contributed by atoms with E-state index in [0.717, 1.165) is 0 Å². The summed E-state index contributed by atoms with van der Waals surface area (Å²) < 4.78 is 5.53. The maximum Gasteiger partial charge on any atom is 0.150 e. The van der Waals surface area contributed by atoms with E-state index in [1.54, 1.807) is 30.3 Å². The van der Waals surface area contributed by atoms with Crippen LogP contribution in [0, 0.1) is 0 Å². The molecule has 2 rings (SSSR count). The van der Waals surface area contributed by atoms with Gasteiger partial charge in [-0.05, 0) is 24.3 Å². The predicted octanol–water partition coefficient (Wildman–Crippen LogP) is 3.76. The Labute approximate surface area is 103 Å². The lowest BCUT2D eigenvalue weighted by atomic mass is 10.3. The lowest BCUT2D eigenvalue weighted by Gasteiger charge is -2.07. The first kappa shape index (κ1) is 11.0. The second-order valence-electron chi connectivity index (χ2n) is 3.11. The second-order valence-corrected chi connectivity index (χ2v) is 3.90. The van der Waals surface area contributed by atoms with Crippen LogP contribution in [0.2, 0.25) is 10.2 Å². The van der Waals surface area contributed by atoms with Crippen LogP contribution in [0.1, 0.15) is 0 Å². The molecule has 0 atom stereocenters. The van der Waals surface area contributed by atoms with Crippen LogP contribution in [-0.2, 0) is 0 Å². The van der Waals surface area contributed by atoms with Crippen molar-refractivity contribution in [3.63, 3.8) is 0 Å². The molecule has 1 aromatic heterocycles. The first-order chi connectivity index (χ1) is 7.65. The number of aromatic nitrogens is 1. The molecule has 3 nitrogen and oxygen atoms in total. The summed E-state index contributed by atoms with van der Waals surface area (Å²) in [5.74, 6) is 1.10. The van der Waals surface area contributed by atoms with Crippen molar-refractivity contribution in [2.24, 2.45) is 0 Å². The van der Waals surface area contributed by atoms with Crippen LogP contribution in [0.3, 0.4) is 0 Å². The Morgan fingerprint density at radius 1 is 1.12 bits per heavy atom. The molecule has 0 fully saturated rings. The topological polar surface area (TPSA) is 48.1 Å². The third-order valence-electron chi connectivity index (χ3n) is 1.89. The van der Waals surface area contributed by atoms with E-state index in [-0.39, 0.29) is 0 Å². The number of hydrogen-bond acceptors (Lipinski definition) is 3. The SMILES string of the molecule is Nc1ccc(Oc2cc(Cl)ncc2Cl)cc1. The number of benzene rings is 1. The van der Waals surface area contributed by atoms with Crippen molar-refractivity contribution in [1.29, 1.82) is 0 Å². The van der Waals surface area contributed by atoms with Crippen molar-refractivity contribution < 1.29 is 4.74 Å². The summed E-state index contributed by atoms with van der Waals surface area (Å²) in [5, 5.41) is 0.732. The molecule has 0 saturated carbocycles. The molecule has 1 heterocycles. The minimum Gasteiger partial charge on any atom is -0.456 e. The van der Waals surface area contributed by atoms with E-state index in [1.807, 2.05) is 0 Å². The molecule has 0 aliphatic rings. The third kappa shape index (κ3) is 2.56. The van der Waals surface area contributed by atoms with Gasteiger partial charge in [-0.25, -0.2) is 4.98 Å². The maximum absolute atomic E-state index is 5.91. The van der Waals surface area contributed by atoms with Crippen molar-refractivity contribution in [2.45, 2.75) is 0 Å². The van der Waals surface area contributed by atoms with Gasteiger partial charge in [-0.1, -0.05) is 23.2 Å². The van der Waals surface area contributed by atoms with Crippen LogP contribution in [0.25, 0.3) is 0 Å². The summed E-state index contributed by atoms with van der Waals surface area (Å²) in [5.41, 5.74) is 6.23. The number of nitrogen functional groups attached to an aromatic ring is 1. The Hall–Kier alpha value is -1.45. The number of anilines is 1. The molecule has 0 bridgehead atoms. The van der Waals surface area contributed by atoms with E-state index < -0.39 is 0 Å². The lowest BCUT2D eigenvalue weighted by molar-refractivity contribution is 0.482. The molecule has 0 aliphatic heterocycles. The molecule has 2 aromatic rings. The number of pyridine rings is 1. The normalized spacial score (nSPS) is 10.1. The van der Waals surface area contributed by atoms with Crippen LogP contribution in [-0.4, -0.2) is 4.98 Å². The Morgan fingerprint density at radius 2 is 1.81 bits per heavy atom. The molecule has 82 valence electrons. The molecule has 0 aliphatic carbocycles. The molecule has 0 spiro atoms. The fourth-order valence-corrected chi connectivity index (χ4v) is 1.43. The van der Waals surface area contributed by atoms with E-state index in [0.29, 0.717) is 27.4 Å². The zero-order valence-electron chi connectivity index (χ0n) is 8.15. The van der Waals surface area contributed by atoms with Crippen molar-refractivity contribution in [1.82, 2.24) is 4.98 Å². The first-order valence-electron chi connectivity index (χ1n) is 4.49. The molecule has 0 amide bonds. The van der Waals surface area contributed by atoms with Gasteiger partial charge in [0.1, 0.15) is 15.9 Å². The number of halogens is 2. The highest BCUT2D eigenvalue weighted by Gasteiger charge is 2.04. The van der Waals surface area contributed by atoms with Gasteiger partial charge in [0.2, 0.25) is 0 Å². The number of ether oxygens (including phenoxy) is 1. The Morgan fingerprint density at radius 3 is 2.50 bits per heavy atom. The average molecular weight is 255 g/mol. The fourth-order valence-electron chi connectivity index (χ4n) is 1.14. The number of nitrogens with two attached hydrogens (primary N) is 1. The van der Waals surface area contributed by atoms with Gasteiger partial charge in [0.25, 0.3) is 0 Å². The van der Waals surface area contributed by atoms with Crippen molar-refractivity contribution in [3.05, 3.63) is 46.7 Å². The van der Waals surface area contributed by atoms with E-state index in [4.69, 9.17) is 33.7 Å². The minimum atomic E-state index is 0.329. The van der Waals surface area contributed by atoms with E-state index in [9.17, 15) is 0 Å². The Kier molecular flexibility index (Phi) is 3.17. The molecule has 2 N–H and O–H groups in total. The van der Waals surface area contributed by atoms with Gasteiger partial charge in [-0.15, -0.1) is 0 Å². The molecule has 1 aromatic carbocycles. The highest BCUT2D eigenvalue weighted by molar-refractivity contribution is 6.33. The summed E-state index contributed by atoms with van der Waals surface area (Å²) in [6.07, 6.45) is 1.44. The summed E-state index contributed by atoms with van der Waals surface area (Å²) >= 11 is 11.6. The molecule has 0 radical (unpaired) electrons. The standard InChI is InChI=1S/C11H8Cl2N2O/c12-9-6-15-11(13)5-10(9)16-8-3-1-7(14)2-4-8/h1-6H,14H2. The summed E-state index contributed by atoms with van der Waals surface area (Å²) in [4.78, 5) is 3.83. The zero-order chi connectivity index (χ0) is 11.5. The largest absolute Gasteiger partial charge is 0.456 e. The van der Waals surface area contributed by atoms with Crippen LogP contribution in [0.4, 0.5) is 5.69 Å². The Balaban J connectivity index is 2.26.